The molecule has 0 fully saturated rings. The molecule has 1 aromatic heterocycles. The van der Waals surface area contributed by atoms with E-state index in [-0.39, 0.29) is 23.5 Å². The van der Waals surface area contributed by atoms with Gasteiger partial charge in [-0.15, -0.1) is 16.8 Å². The van der Waals surface area contributed by atoms with Gasteiger partial charge in [-0.2, -0.15) is 0 Å². The number of carbonyl (C=O) groups excluding carboxylic acids is 2. The topological polar surface area (TPSA) is 63.2 Å². The number of allylic oxidation sites excluding steroid dienone is 2. The Kier molecular flexibility index (Phi) is 5.63. The molecule has 0 saturated heterocycles. The Hall–Kier alpha value is -2.32. The van der Waals surface area contributed by atoms with Crippen LogP contribution in [0, 0.1) is 11.2 Å². The van der Waals surface area contributed by atoms with Crippen molar-refractivity contribution in [1.82, 2.24) is 10.2 Å². The number of hydrogen-bond donors (Lipinski definition) is 0. The molecule has 1 aliphatic carbocycles. The standard InChI is InChI=1S/C22H22FN3O2S2/c1-4-9-29-21-25-24-20(30-21)26-16-11-22(2,3)12-17(27)19(16)14(10-18(26)28)13-7-5-6-8-15(13)23/h4-8,14H,1,9-12H2,2-3H3/t14-/m1/s1. The molecule has 1 atom stereocenters. The average Bonchev–Trinajstić information content (AvgIpc) is 3.13. The zero-order valence-corrected chi connectivity index (χ0v) is 18.5. The molecule has 1 aromatic carbocycles. The third kappa shape index (κ3) is 3.86. The molecule has 0 unspecified atom stereocenters. The van der Waals surface area contributed by atoms with E-state index in [1.165, 1.54) is 29.2 Å². The molecule has 2 aliphatic rings. The van der Waals surface area contributed by atoms with Crippen molar-refractivity contribution in [1.29, 1.82) is 0 Å². The summed E-state index contributed by atoms with van der Waals surface area (Å²) in [4.78, 5) is 28.0. The summed E-state index contributed by atoms with van der Waals surface area (Å²) < 4.78 is 15.3. The minimum atomic E-state index is -0.573. The molecule has 0 bridgehead atoms. The Morgan fingerprint density at radius 1 is 1.30 bits per heavy atom. The molecule has 2 heterocycles. The van der Waals surface area contributed by atoms with Crippen molar-refractivity contribution in [3.8, 4) is 0 Å². The summed E-state index contributed by atoms with van der Waals surface area (Å²) in [7, 11) is 0. The molecule has 0 N–H and O–H groups in total. The van der Waals surface area contributed by atoms with E-state index < -0.39 is 11.7 Å². The van der Waals surface area contributed by atoms with Gasteiger partial charge in [0.1, 0.15) is 5.82 Å². The van der Waals surface area contributed by atoms with Crippen molar-refractivity contribution in [2.45, 2.75) is 43.4 Å². The molecule has 8 heteroatoms. The third-order valence-electron chi connectivity index (χ3n) is 5.34. The number of rotatable bonds is 5. The van der Waals surface area contributed by atoms with E-state index in [0.29, 0.717) is 40.6 Å². The molecule has 156 valence electrons. The molecular weight excluding hydrogens is 421 g/mol. The van der Waals surface area contributed by atoms with Crippen molar-refractivity contribution in [3.05, 3.63) is 59.6 Å². The second-order valence-corrected chi connectivity index (χ2v) is 10.5. The SMILES string of the molecule is C=CCSc1nnc(N2C(=O)C[C@H](c3ccccc3F)C3=C2CC(C)(C)CC3=O)s1. The normalized spacial score (nSPS) is 21.0. The van der Waals surface area contributed by atoms with Gasteiger partial charge in [-0.25, -0.2) is 4.39 Å². The Balaban J connectivity index is 1.83. The summed E-state index contributed by atoms with van der Waals surface area (Å²) in [6.07, 6.45) is 2.72. The zero-order valence-electron chi connectivity index (χ0n) is 16.9. The van der Waals surface area contributed by atoms with Gasteiger partial charge in [-0.1, -0.05) is 61.2 Å². The van der Waals surface area contributed by atoms with Crippen molar-refractivity contribution >= 4 is 39.9 Å². The lowest BCUT2D eigenvalue weighted by atomic mass is 9.69. The fourth-order valence-corrected chi connectivity index (χ4v) is 5.79. The lowest BCUT2D eigenvalue weighted by Gasteiger charge is -2.41. The number of thioether (sulfide) groups is 1. The van der Waals surface area contributed by atoms with Crippen LogP contribution in [0.1, 0.15) is 44.6 Å². The van der Waals surface area contributed by atoms with Crippen LogP contribution in [0.4, 0.5) is 9.52 Å². The van der Waals surface area contributed by atoms with Gasteiger partial charge in [-0.3, -0.25) is 14.5 Å². The number of benzene rings is 1. The van der Waals surface area contributed by atoms with Crippen molar-refractivity contribution < 1.29 is 14.0 Å². The van der Waals surface area contributed by atoms with E-state index in [1.807, 2.05) is 13.8 Å². The van der Waals surface area contributed by atoms with Gasteiger partial charge in [0, 0.05) is 35.8 Å². The van der Waals surface area contributed by atoms with Gasteiger partial charge in [0.15, 0.2) is 10.1 Å². The second kappa shape index (κ2) is 8.07. The average molecular weight is 444 g/mol. The van der Waals surface area contributed by atoms with Crippen LogP contribution in [0.5, 0.6) is 0 Å². The van der Waals surface area contributed by atoms with Gasteiger partial charge >= 0.3 is 0 Å². The number of halogens is 1. The molecule has 5 nitrogen and oxygen atoms in total. The van der Waals surface area contributed by atoms with Crippen LogP contribution in [0.2, 0.25) is 0 Å². The van der Waals surface area contributed by atoms with E-state index in [4.69, 9.17) is 0 Å². The van der Waals surface area contributed by atoms with E-state index in [0.717, 1.165) is 4.34 Å². The molecule has 1 aliphatic heterocycles. The molecule has 30 heavy (non-hydrogen) atoms. The van der Waals surface area contributed by atoms with E-state index in [2.05, 4.69) is 16.8 Å². The Bertz CT molecular complexity index is 1060. The number of carbonyl (C=O) groups is 2. The van der Waals surface area contributed by atoms with Gasteiger partial charge in [-0.05, 0) is 23.5 Å². The van der Waals surface area contributed by atoms with E-state index >= 15 is 0 Å². The molecule has 0 spiro atoms. The summed E-state index contributed by atoms with van der Waals surface area (Å²) in [6, 6.07) is 6.38. The maximum atomic E-state index is 14.6. The minimum Gasteiger partial charge on any atom is -0.294 e. The summed E-state index contributed by atoms with van der Waals surface area (Å²) in [5.41, 5.74) is 1.27. The Morgan fingerprint density at radius 3 is 2.80 bits per heavy atom. The van der Waals surface area contributed by atoms with Crippen LogP contribution in [0.25, 0.3) is 0 Å². The van der Waals surface area contributed by atoms with Crippen LogP contribution in [-0.2, 0) is 9.59 Å². The highest BCUT2D eigenvalue weighted by molar-refractivity contribution is 8.01. The quantitative estimate of drug-likeness (QED) is 0.365. The number of aromatic nitrogens is 2. The number of amides is 1. The van der Waals surface area contributed by atoms with Gasteiger partial charge in [0.05, 0.1) is 0 Å². The minimum absolute atomic E-state index is 0.0284. The molecular formula is C22H22FN3O2S2. The Labute approximate surface area is 183 Å². The second-order valence-electron chi connectivity index (χ2n) is 8.26. The van der Waals surface area contributed by atoms with E-state index in [1.54, 1.807) is 29.2 Å². The summed E-state index contributed by atoms with van der Waals surface area (Å²) in [6.45, 7) is 7.72. The monoisotopic (exact) mass is 443 g/mol. The molecule has 2 aromatic rings. The first kappa shape index (κ1) is 20.9. The highest BCUT2D eigenvalue weighted by Gasteiger charge is 2.45. The predicted molar refractivity (Wildman–Crippen MR) is 117 cm³/mol. The van der Waals surface area contributed by atoms with Gasteiger partial charge in [0.2, 0.25) is 11.0 Å². The Morgan fingerprint density at radius 2 is 2.07 bits per heavy atom. The van der Waals surface area contributed by atoms with Crippen molar-refractivity contribution in [2.24, 2.45) is 5.41 Å². The number of Topliss-reactive ketones (excluding diaryl/α,β-unsaturated/α-hetero) is 1. The predicted octanol–water partition coefficient (Wildman–Crippen LogP) is 5.12. The highest BCUT2D eigenvalue weighted by Crippen LogP contribution is 2.49. The third-order valence-corrected chi connectivity index (χ3v) is 7.37. The van der Waals surface area contributed by atoms with E-state index in [9.17, 15) is 14.0 Å². The van der Waals surface area contributed by atoms with Gasteiger partial charge in [0.25, 0.3) is 0 Å². The molecule has 1 amide bonds. The molecule has 4 rings (SSSR count). The van der Waals surface area contributed by atoms with Crippen LogP contribution in [0.15, 0.2) is 52.5 Å². The molecule has 0 saturated carbocycles. The fraction of sp³-hybridized carbons (Fsp3) is 0.364. The van der Waals surface area contributed by atoms with Crippen LogP contribution in [0.3, 0.4) is 0 Å². The highest BCUT2D eigenvalue weighted by atomic mass is 32.2. The summed E-state index contributed by atoms with van der Waals surface area (Å²) >= 11 is 2.81. The number of ketones is 1. The maximum Gasteiger partial charge on any atom is 0.234 e. The first-order valence-electron chi connectivity index (χ1n) is 9.71. The smallest absolute Gasteiger partial charge is 0.234 e. The number of hydrogen-bond acceptors (Lipinski definition) is 6. The zero-order chi connectivity index (χ0) is 21.5. The van der Waals surface area contributed by atoms with Crippen molar-refractivity contribution in [3.63, 3.8) is 0 Å². The summed E-state index contributed by atoms with van der Waals surface area (Å²) in [5, 5.41) is 8.85. The van der Waals surface area contributed by atoms with Crippen LogP contribution >= 0.6 is 23.1 Å². The fourth-order valence-electron chi connectivity index (χ4n) is 4.14. The number of anilines is 1. The first-order valence-corrected chi connectivity index (χ1v) is 11.5. The van der Waals surface area contributed by atoms with Crippen LogP contribution < -0.4 is 4.90 Å². The van der Waals surface area contributed by atoms with Gasteiger partial charge < -0.3 is 0 Å². The van der Waals surface area contributed by atoms with Crippen molar-refractivity contribution in [2.75, 3.05) is 10.7 Å². The molecule has 0 radical (unpaired) electrons. The lowest BCUT2D eigenvalue weighted by Crippen LogP contribution is -2.43. The number of nitrogens with zero attached hydrogens (tertiary/aromatic N) is 3. The maximum absolute atomic E-state index is 14.6. The lowest BCUT2D eigenvalue weighted by molar-refractivity contribution is -0.121. The summed E-state index contributed by atoms with van der Waals surface area (Å²) in [5.74, 6) is -0.498. The largest absolute Gasteiger partial charge is 0.294 e. The first-order chi connectivity index (χ1) is 14.3. The van der Waals surface area contributed by atoms with Crippen LogP contribution in [-0.4, -0.2) is 27.6 Å².